The molecule has 1 heterocycles. The third kappa shape index (κ3) is 2.04. The van der Waals surface area contributed by atoms with Gasteiger partial charge in [-0.15, -0.1) is 0 Å². The molecule has 0 saturated heterocycles. The fourth-order valence-electron chi connectivity index (χ4n) is 1.72. The van der Waals surface area contributed by atoms with Crippen LogP contribution in [0.1, 0.15) is 31.9 Å². The lowest BCUT2D eigenvalue weighted by atomic mass is 9.95. The van der Waals surface area contributed by atoms with Crippen LogP contribution in [0.4, 0.5) is 0 Å². The van der Waals surface area contributed by atoms with Gasteiger partial charge in [-0.2, -0.15) is 0 Å². The van der Waals surface area contributed by atoms with Gasteiger partial charge >= 0.3 is 0 Å². The van der Waals surface area contributed by atoms with E-state index >= 15 is 0 Å². The van der Waals surface area contributed by atoms with Crippen LogP contribution in [-0.2, 0) is 0 Å². The molecule has 1 aromatic heterocycles. The highest BCUT2D eigenvalue weighted by Gasteiger charge is 2.14. The van der Waals surface area contributed by atoms with E-state index in [9.17, 15) is 5.11 Å². The van der Waals surface area contributed by atoms with Gasteiger partial charge in [-0.3, -0.25) is 9.97 Å². The molecule has 3 heteroatoms. The highest BCUT2D eigenvalue weighted by atomic mass is 16.3. The average molecular weight is 216 g/mol. The van der Waals surface area contributed by atoms with Crippen molar-refractivity contribution in [2.75, 3.05) is 0 Å². The van der Waals surface area contributed by atoms with Crippen LogP contribution in [0.3, 0.4) is 0 Å². The van der Waals surface area contributed by atoms with Crippen molar-refractivity contribution in [1.29, 1.82) is 0 Å². The highest BCUT2D eigenvalue weighted by molar-refractivity contribution is 5.74. The third-order valence-corrected chi connectivity index (χ3v) is 3.02. The van der Waals surface area contributed by atoms with Gasteiger partial charge in [0, 0.05) is 12.4 Å². The minimum atomic E-state index is -0.420. The number of hydrogen-bond donors (Lipinski definition) is 1. The first kappa shape index (κ1) is 11.0. The Kier molecular flexibility index (Phi) is 3.15. The number of fused-ring (bicyclic) bond motifs is 1. The van der Waals surface area contributed by atoms with Gasteiger partial charge in [0.05, 0.1) is 17.1 Å². The van der Waals surface area contributed by atoms with Crippen molar-refractivity contribution in [3.63, 3.8) is 0 Å². The molecule has 0 bridgehead atoms. The summed E-state index contributed by atoms with van der Waals surface area (Å²) >= 11 is 0. The van der Waals surface area contributed by atoms with Crippen molar-refractivity contribution in [3.05, 3.63) is 36.2 Å². The summed E-state index contributed by atoms with van der Waals surface area (Å²) in [6, 6.07) is 5.75. The SMILES string of the molecule is CCC(C)C(O)c1ccc2nccnc2c1. The van der Waals surface area contributed by atoms with Crippen molar-refractivity contribution in [2.24, 2.45) is 5.92 Å². The molecule has 0 spiro atoms. The topological polar surface area (TPSA) is 46.0 Å². The Labute approximate surface area is 95.2 Å². The second-order valence-corrected chi connectivity index (χ2v) is 4.13. The molecule has 0 aliphatic heterocycles. The Balaban J connectivity index is 2.39. The fraction of sp³-hybridized carbons (Fsp3) is 0.385. The molecule has 2 unspecified atom stereocenters. The zero-order valence-electron chi connectivity index (χ0n) is 9.59. The molecule has 1 N–H and O–H groups in total. The van der Waals surface area contributed by atoms with Crippen molar-refractivity contribution in [2.45, 2.75) is 26.4 Å². The van der Waals surface area contributed by atoms with Crippen LogP contribution in [0.2, 0.25) is 0 Å². The summed E-state index contributed by atoms with van der Waals surface area (Å²) in [7, 11) is 0. The zero-order valence-corrected chi connectivity index (χ0v) is 9.59. The van der Waals surface area contributed by atoms with Crippen LogP contribution in [0.25, 0.3) is 11.0 Å². The smallest absolute Gasteiger partial charge is 0.0890 e. The predicted octanol–water partition coefficient (Wildman–Crippen LogP) is 2.71. The Bertz CT molecular complexity index is 484. The minimum Gasteiger partial charge on any atom is -0.388 e. The lowest BCUT2D eigenvalue weighted by molar-refractivity contribution is 0.115. The van der Waals surface area contributed by atoms with E-state index in [1.165, 1.54) is 0 Å². The van der Waals surface area contributed by atoms with Crippen molar-refractivity contribution in [3.8, 4) is 0 Å². The maximum atomic E-state index is 10.1. The van der Waals surface area contributed by atoms with Gasteiger partial charge in [0.2, 0.25) is 0 Å². The highest BCUT2D eigenvalue weighted by Crippen LogP contribution is 2.25. The number of nitrogens with zero attached hydrogens (tertiary/aromatic N) is 2. The Morgan fingerprint density at radius 3 is 2.56 bits per heavy atom. The standard InChI is InChI=1S/C13H16N2O/c1-3-9(2)13(16)10-4-5-11-12(8-10)15-7-6-14-11/h4-9,13,16H,3H2,1-2H3. The summed E-state index contributed by atoms with van der Waals surface area (Å²) in [4.78, 5) is 8.44. The Morgan fingerprint density at radius 1 is 1.19 bits per heavy atom. The van der Waals surface area contributed by atoms with Crippen molar-refractivity contribution < 1.29 is 5.11 Å². The number of benzene rings is 1. The fourth-order valence-corrected chi connectivity index (χ4v) is 1.72. The van der Waals surface area contributed by atoms with Crippen LogP contribution in [-0.4, -0.2) is 15.1 Å². The number of aliphatic hydroxyl groups excluding tert-OH is 1. The molecular formula is C13H16N2O. The quantitative estimate of drug-likeness (QED) is 0.858. The first-order chi connectivity index (χ1) is 7.72. The van der Waals surface area contributed by atoms with Gasteiger partial charge in [0.25, 0.3) is 0 Å². The average Bonchev–Trinajstić information content (AvgIpc) is 2.36. The van der Waals surface area contributed by atoms with Gasteiger partial charge in [0.1, 0.15) is 0 Å². The largest absolute Gasteiger partial charge is 0.388 e. The number of rotatable bonds is 3. The van der Waals surface area contributed by atoms with Crippen LogP contribution in [0.15, 0.2) is 30.6 Å². The second kappa shape index (κ2) is 4.58. The van der Waals surface area contributed by atoms with Crippen LogP contribution < -0.4 is 0 Å². The summed E-state index contributed by atoms with van der Waals surface area (Å²) in [5.74, 6) is 0.258. The van der Waals surface area contributed by atoms with E-state index < -0.39 is 6.10 Å². The molecule has 84 valence electrons. The summed E-state index contributed by atoms with van der Waals surface area (Å²) in [5, 5.41) is 10.1. The molecule has 0 amide bonds. The normalized spacial score (nSPS) is 14.9. The minimum absolute atomic E-state index is 0.258. The first-order valence-electron chi connectivity index (χ1n) is 5.61. The maximum absolute atomic E-state index is 10.1. The second-order valence-electron chi connectivity index (χ2n) is 4.13. The van der Waals surface area contributed by atoms with Crippen LogP contribution >= 0.6 is 0 Å². The Morgan fingerprint density at radius 2 is 1.88 bits per heavy atom. The number of aliphatic hydroxyl groups is 1. The van der Waals surface area contributed by atoms with Crippen LogP contribution in [0.5, 0.6) is 0 Å². The summed E-state index contributed by atoms with van der Waals surface area (Å²) in [6.45, 7) is 4.13. The van der Waals surface area contributed by atoms with E-state index in [1.807, 2.05) is 25.1 Å². The lowest BCUT2D eigenvalue weighted by Gasteiger charge is -2.17. The molecular weight excluding hydrogens is 200 g/mol. The summed E-state index contributed by atoms with van der Waals surface area (Å²) < 4.78 is 0. The summed E-state index contributed by atoms with van der Waals surface area (Å²) in [5.41, 5.74) is 2.62. The van der Waals surface area contributed by atoms with E-state index in [-0.39, 0.29) is 5.92 Å². The summed E-state index contributed by atoms with van der Waals surface area (Å²) in [6.07, 6.45) is 3.88. The first-order valence-corrected chi connectivity index (χ1v) is 5.61. The molecule has 0 saturated carbocycles. The molecule has 16 heavy (non-hydrogen) atoms. The molecule has 0 fully saturated rings. The maximum Gasteiger partial charge on any atom is 0.0890 e. The Hall–Kier alpha value is -1.48. The van der Waals surface area contributed by atoms with Gasteiger partial charge in [-0.1, -0.05) is 26.3 Å². The van der Waals surface area contributed by atoms with Gasteiger partial charge < -0.3 is 5.11 Å². The van der Waals surface area contributed by atoms with Gasteiger partial charge in [-0.25, -0.2) is 0 Å². The van der Waals surface area contributed by atoms with Gasteiger partial charge in [-0.05, 0) is 23.6 Å². The third-order valence-electron chi connectivity index (χ3n) is 3.02. The van der Waals surface area contributed by atoms with E-state index in [4.69, 9.17) is 0 Å². The van der Waals surface area contributed by atoms with Crippen molar-refractivity contribution >= 4 is 11.0 Å². The molecule has 0 aliphatic carbocycles. The molecule has 1 aromatic carbocycles. The molecule has 2 aromatic rings. The molecule has 2 rings (SSSR count). The van der Waals surface area contributed by atoms with Gasteiger partial charge in [0.15, 0.2) is 0 Å². The van der Waals surface area contributed by atoms with Crippen LogP contribution in [0, 0.1) is 5.92 Å². The van der Waals surface area contributed by atoms with E-state index in [1.54, 1.807) is 12.4 Å². The predicted molar refractivity (Wildman–Crippen MR) is 64.0 cm³/mol. The number of aromatic nitrogens is 2. The molecule has 0 aliphatic rings. The molecule has 0 radical (unpaired) electrons. The molecule has 2 atom stereocenters. The monoisotopic (exact) mass is 216 g/mol. The van der Waals surface area contributed by atoms with E-state index in [0.29, 0.717) is 0 Å². The molecule has 3 nitrogen and oxygen atoms in total. The number of hydrogen-bond acceptors (Lipinski definition) is 3. The van der Waals surface area contributed by atoms with E-state index in [2.05, 4.69) is 16.9 Å². The lowest BCUT2D eigenvalue weighted by Crippen LogP contribution is -2.08. The van der Waals surface area contributed by atoms with Crippen molar-refractivity contribution in [1.82, 2.24) is 9.97 Å². The zero-order chi connectivity index (χ0) is 11.5. The van der Waals surface area contributed by atoms with E-state index in [0.717, 1.165) is 23.0 Å².